The van der Waals surface area contributed by atoms with E-state index in [-0.39, 0.29) is 17.0 Å². The lowest BCUT2D eigenvalue weighted by Gasteiger charge is -2.04. The van der Waals surface area contributed by atoms with E-state index >= 15 is 0 Å². The quantitative estimate of drug-likeness (QED) is 0.726. The van der Waals surface area contributed by atoms with Gasteiger partial charge in [0.05, 0.1) is 12.0 Å². The molecule has 0 aliphatic heterocycles. The maximum absolute atomic E-state index is 11.3. The average Bonchev–Trinajstić information content (AvgIpc) is 3.06. The number of hydrogen-bond donors (Lipinski definition) is 2. The van der Waals surface area contributed by atoms with Crippen LogP contribution in [0.3, 0.4) is 0 Å². The van der Waals surface area contributed by atoms with E-state index < -0.39 is 11.9 Å². The van der Waals surface area contributed by atoms with Crippen molar-refractivity contribution in [2.45, 2.75) is 0 Å². The fraction of sp³-hybridized carbons (Fsp3) is 0. The van der Waals surface area contributed by atoms with Gasteiger partial charge in [0.25, 0.3) is 5.91 Å². The van der Waals surface area contributed by atoms with E-state index in [0.29, 0.717) is 11.5 Å². The Hall–Kier alpha value is -3.16. The van der Waals surface area contributed by atoms with Gasteiger partial charge in [-0.1, -0.05) is 0 Å². The highest BCUT2D eigenvalue weighted by molar-refractivity contribution is 5.98. The molecular formula is C12H8N4O4. The molecule has 3 N–H and O–H groups in total. The summed E-state index contributed by atoms with van der Waals surface area (Å²) in [5.41, 5.74) is 5.35. The molecule has 0 fully saturated rings. The molecule has 3 rings (SSSR count). The molecule has 0 unspecified atom stereocenters. The molecule has 3 aromatic rings. The lowest BCUT2D eigenvalue weighted by atomic mass is 10.2. The predicted octanol–water partition coefficient (Wildman–Crippen LogP) is 0.786. The van der Waals surface area contributed by atoms with Crippen molar-refractivity contribution < 1.29 is 19.1 Å². The van der Waals surface area contributed by atoms with Gasteiger partial charge in [-0.05, 0) is 18.2 Å². The number of hydrogen-bond acceptors (Lipinski definition) is 5. The predicted molar refractivity (Wildman–Crippen MR) is 66.2 cm³/mol. The molecule has 3 heterocycles. The van der Waals surface area contributed by atoms with Gasteiger partial charge >= 0.3 is 5.97 Å². The van der Waals surface area contributed by atoms with E-state index in [0.717, 1.165) is 0 Å². The number of amides is 1. The van der Waals surface area contributed by atoms with Crippen molar-refractivity contribution in [3.63, 3.8) is 0 Å². The number of aromatic carboxylic acids is 1. The van der Waals surface area contributed by atoms with Crippen LogP contribution in [0.15, 0.2) is 35.2 Å². The summed E-state index contributed by atoms with van der Waals surface area (Å²) in [7, 11) is 0. The Balaban J connectivity index is 2.39. The van der Waals surface area contributed by atoms with Crippen molar-refractivity contribution >= 4 is 17.5 Å². The van der Waals surface area contributed by atoms with Crippen LogP contribution in [0, 0.1) is 0 Å². The molecule has 0 spiro atoms. The number of carboxylic acids is 1. The van der Waals surface area contributed by atoms with Gasteiger partial charge in [0.15, 0.2) is 22.8 Å². The van der Waals surface area contributed by atoms with Gasteiger partial charge in [0.1, 0.15) is 6.33 Å². The van der Waals surface area contributed by atoms with Crippen LogP contribution < -0.4 is 5.73 Å². The normalized spacial score (nSPS) is 10.8. The van der Waals surface area contributed by atoms with E-state index in [1.807, 2.05) is 0 Å². The maximum atomic E-state index is 11.3. The Labute approximate surface area is 111 Å². The van der Waals surface area contributed by atoms with Gasteiger partial charge in [-0.25, -0.2) is 14.8 Å². The number of aromatic nitrogens is 3. The summed E-state index contributed by atoms with van der Waals surface area (Å²) < 4.78 is 6.70. The first kappa shape index (κ1) is 11.9. The third-order valence-corrected chi connectivity index (χ3v) is 2.73. The van der Waals surface area contributed by atoms with Gasteiger partial charge in [-0.3, -0.25) is 9.20 Å². The van der Waals surface area contributed by atoms with Crippen molar-refractivity contribution in [3.8, 4) is 11.5 Å². The number of nitrogens with two attached hydrogens (primary N) is 1. The molecule has 0 bridgehead atoms. The molecule has 0 aliphatic rings. The third-order valence-electron chi connectivity index (χ3n) is 2.73. The minimum Gasteiger partial charge on any atom is -0.477 e. The van der Waals surface area contributed by atoms with E-state index in [2.05, 4.69) is 9.97 Å². The number of fused-ring (bicyclic) bond motifs is 1. The highest BCUT2D eigenvalue weighted by Gasteiger charge is 2.19. The van der Waals surface area contributed by atoms with E-state index in [1.165, 1.54) is 23.1 Å². The highest BCUT2D eigenvalue weighted by Crippen LogP contribution is 2.23. The maximum Gasteiger partial charge on any atom is 0.354 e. The number of primary amides is 1. The highest BCUT2D eigenvalue weighted by atomic mass is 16.4. The molecule has 20 heavy (non-hydrogen) atoms. The monoisotopic (exact) mass is 272 g/mol. The van der Waals surface area contributed by atoms with Crippen molar-refractivity contribution in [3.05, 3.63) is 42.2 Å². The molecule has 8 nitrogen and oxygen atoms in total. The number of carboxylic acid groups (broad SMARTS) is 1. The van der Waals surface area contributed by atoms with Crippen LogP contribution in [-0.2, 0) is 0 Å². The van der Waals surface area contributed by atoms with Gasteiger partial charge in [-0.15, -0.1) is 0 Å². The molecule has 8 heteroatoms. The summed E-state index contributed by atoms with van der Waals surface area (Å²) in [5, 5.41) is 9.09. The number of carbonyl (C=O) groups excluding carboxylic acids is 1. The average molecular weight is 272 g/mol. The second-order valence-corrected chi connectivity index (χ2v) is 3.96. The summed E-state index contributed by atoms with van der Waals surface area (Å²) >= 11 is 0. The third kappa shape index (κ3) is 1.70. The Morgan fingerprint density at radius 3 is 2.80 bits per heavy atom. The number of carbonyl (C=O) groups is 2. The fourth-order valence-corrected chi connectivity index (χ4v) is 1.87. The lowest BCUT2D eigenvalue weighted by molar-refractivity contribution is 0.0690. The zero-order valence-electron chi connectivity index (χ0n) is 9.98. The van der Waals surface area contributed by atoms with Gasteiger partial charge in [0.2, 0.25) is 0 Å². The Kier molecular flexibility index (Phi) is 2.50. The van der Waals surface area contributed by atoms with Gasteiger partial charge in [0, 0.05) is 0 Å². The zero-order valence-corrected chi connectivity index (χ0v) is 9.98. The minimum atomic E-state index is -1.23. The molecule has 1 amide bonds. The molecule has 0 saturated carbocycles. The number of nitrogens with zero attached hydrogens (tertiary/aromatic N) is 3. The van der Waals surface area contributed by atoms with E-state index in [9.17, 15) is 9.59 Å². The van der Waals surface area contributed by atoms with Crippen molar-refractivity contribution in [2.75, 3.05) is 0 Å². The first-order valence-corrected chi connectivity index (χ1v) is 5.53. The van der Waals surface area contributed by atoms with E-state index in [1.54, 1.807) is 12.1 Å². The standard InChI is InChI=1S/C12H8N4O4/c13-10(17)9-11-15-6(12(18)19)4-7(16(11)5-14-9)8-2-1-3-20-8/h1-5H,(H2,13,17)(H,18,19). The SMILES string of the molecule is NC(=O)c1ncn2c(-c3ccco3)cc(C(=O)O)nc12. The summed E-state index contributed by atoms with van der Waals surface area (Å²) in [6.07, 6.45) is 2.79. The zero-order chi connectivity index (χ0) is 14.3. The van der Waals surface area contributed by atoms with Crippen LogP contribution in [0.25, 0.3) is 17.1 Å². The largest absolute Gasteiger partial charge is 0.477 e. The van der Waals surface area contributed by atoms with Crippen LogP contribution in [-0.4, -0.2) is 31.4 Å². The molecule has 0 radical (unpaired) electrons. The molecule has 0 aliphatic carbocycles. The summed E-state index contributed by atoms with van der Waals surface area (Å²) in [6.45, 7) is 0. The second-order valence-electron chi connectivity index (χ2n) is 3.96. The molecule has 0 aromatic carbocycles. The van der Waals surface area contributed by atoms with Crippen LogP contribution in [0.1, 0.15) is 21.0 Å². The van der Waals surface area contributed by atoms with Crippen LogP contribution in [0.5, 0.6) is 0 Å². The Morgan fingerprint density at radius 1 is 1.40 bits per heavy atom. The Morgan fingerprint density at radius 2 is 2.20 bits per heavy atom. The first-order chi connectivity index (χ1) is 9.58. The van der Waals surface area contributed by atoms with E-state index in [4.69, 9.17) is 15.3 Å². The van der Waals surface area contributed by atoms with Gasteiger partial charge in [-0.2, -0.15) is 0 Å². The number of imidazole rings is 1. The van der Waals surface area contributed by atoms with Crippen LogP contribution in [0.2, 0.25) is 0 Å². The molecule has 100 valence electrons. The topological polar surface area (TPSA) is 124 Å². The molecular weight excluding hydrogens is 264 g/mol. The van der Waals surface area contributed by atoms with Crippen LogP contribution >= 0.6 is 0 Å². The number of rotatable bonds is 3. The fourth-order valence-electron chi connectivity index (χ4n) is 1.87. The first-order valence-electron chi connectivity index (χ1n) is 5.53. The molecule has 0 atom stereocenters. The van der Waals surface area contributed by atoms with Crippen molar-refractivity contribution in [1.29, 1.82) is 0 Å². The summed E-state index contributed by atoms with van der Waals surface area (Å²) in [5.74, 6) is -1.59. The Bertz CT molecular complexity index is 819. The second kappa shape index (κ2) is 4.19. The lowest BCUT2D eigenvalue weighted by Crippen LogP contribution is -2.13. The van der Waals surface area contributed by atoms with Crippen molar-refractivity contribution in [1.82, 2.24) is 14.4 Å². The van der Waals surface area contributed by atoms with Crippen molar-refractivity contribution in [2.24, 2.45) is 5.73 Å². The summed E-state index contributed by atoms with van der Waals surface area (Å²) in [4.78, 5) is 30.2. The number of furan rings is 1. The van der Waals surface area contributed by atoms with Gasteiger partial charge < -0.3 is 15.3 Å². The molecule has 0 saturated heterocycles. The summed E-state index contributed by atoms with van der Waals surface area (Å²) in [6, 6.07) is 4.65. The molecule has 3 aromatic heterocycles. The smallest absolute Gasteiger partial charge is 0.354 e. The minimum absolute atomic E-state index is 0.0730. The van der Waals surface area contributed by atoms with Crippen LogP contribution in [0.4, 0.5) is 0 Å².